The Kier molecular flexibility index (Phi) is 7.67. The lowest BCUT2D eigenvalue weighted by Crippen LogP contribution is -2.31. The summed E-state index contributed by atoms with van der Waals surface area (Å²) in [6.45, 7) is 6.17. The molecular formula is C21H25ClN2O3. The number of aryl methyl sites for hydroxylation is 1. The van der Waals surface area contributed by atoms with E-state index >= 15 is 0 Å². The van der Waals surface area contributed by atoms with Gasteiger partial charge < -0.3 is 15.4 Å². The van der Waals surface area contributed by atoms with Gasteiger partial charge in [-0.1, -0.05) is 29.8 Å². The van der Waals surface area contributed by atoms with Gasteiger partial charge in [-0.2, -0.15) is 0 Å². The Hall–Kier alpha value is -2.53. The quantitative estimate of drug-likeness (QED) is 0.650. The fraction of sp³-hybridized carbons (Fsp3) is 0.333. The van der Waals surface area contributed by atoms with Gasteiger partial charge in [-0.3, -0.25) is 9.59 Å². The van der Waals surface area contributed by atoms with Crippen molar-refractivity contribution in [2.45, 2.75) is 39.7 Å². The summed E-state index contributed by atoms with van der Waals surface area (Å²) in [5, 5.41) is 6.04. The van der Waals surface area contributed by atoms with Crippen LogP contribution in [0.1, 0.15) is 42.6 Å². The first-order valence-corrected chi connectivity index (χ1v) is 9.33. The maximum atomic E-state index is 12.3. The van der Waals surface area contributed by atoms with Crippen molar-refractivity contribution in [2.75, 3.05) is 11.9 Å². The molecule has 0 aliphatic heterocycles. The molecule has 2 rings (SSSR count). The number of benzene rings is 2. The zero-order valence-corrected chi connectivity index (χ0v) is 16.6. The third kappa shape index (κ3) is 6.61. The van der Waals surface area contributed by atoms with Gasteiger partial charge in [-0.25, -0.2) is 0 Å². The van der Waals surface area contributed by atoms with Crippen LogP contribution < -0.4 is 15.4 Å². The molecule has 0 radical (unpaired) electrons. The van der Waals surface area contributed by atoms with E-state index in [4.69, 9.17) is 16.3 Å². The van der Waals surface area contributed by atoms with Crippen molar-refractivity contribution in [3.05, 3.63) is 58.6 Å². The van der Waals surface area contributed by atoms with E-state index in [0.717, 1.165) is 11.3 Å². The second-order valence-corrected chi connectivity index (χ2v) is 7.02. The summed E-state index contributed by atoms with van der Waals surface area (Å²) >= 11 is 6.02. The minimum atomic E-state index is -0.250. The van der Waals surface area contributed by atoms with E-state index in [1.165, 1.54) is 0 Å². The number of rotatable bonds is 8. The molecule has 0 saturated carbocycles. The molecule has 0 aliphatic carbocycles. The summed E-state index contributed by atoms with van der Waals surface area (Å²) in [7, 11) is 0. The third-order valence-electron chi connectivity index (χ3n) is 3.82. The van der Waals surface area contributed by atoms with Crippen LogP contribution in [0.2, 0.25) is 5.02 Å². The maximum Gasteiger partial charge on any atom is 0.253 e. The molecule has 2 aromatic carbocycles. The smallest absolute Gasteiger partial charge is 0.253 e. The molecule has 6 heteroatoms. The molecule has 5 nitrogen and oxygen atoms in total. The van der Waals surface area contributed by atoms with Crippen molar-refractivity contribution < 1.29 is 14.3 Å². The van der Waals surface area contributed by atoms with Crippen LogP contribution in [-0.4, -0.2) is 24.5 Å². The standard InChI is InChI=1S/C21H25ClN2O3/c1-14(2)23-21(26)17-11-10-16(22)13-18(17)24-20(25)9-6-12-27-19-8-5-4-7-15(19)3/h4-5,7-8,10-11,13-14H,6,9,12H2,1-3H3,(H,23,26)(H,24,25). The molecule has 2 N–H and O–H groups in total. The SMILES string of the molecule is Cc1ccccc1OCCCC(=O)Nc1cc(Cl)ccc1C(=O)NC(C)C. The summed E-state index contributed by atoms with van der Waals surface area (Å²) in [6.07, 6.45) is 0.845. The summed E-state index contributed by atoms with van der Waals surface area (Å²) < 4.78 is 5.70. The average molecular weight is 389 g/mol. The molecule has 2 amide bonds. The van der Waals surface area contributed by atoms with E-state index in [2.05, 4.69) is 10.6 Å². The molecular weight excluding hydrogens is 364 g/mol. The predicted molar refractivity (Wildman–Crippen MR) is 109 cm³/mol. The third-order valence-corrected chi connectivity index (χ3v) is 4.05. The summed E-state index contributed by atoms with van der Waals surface area (Å²) in [4.78, 5) is 24.5. The van der Waals surface area contributed by atoms with Gasteiger partial charge in [-0.15, -0.1) is 0 Å². The summed E-state index contributed by atoms with van der Waals surface area (Å²) in [5.74, 6) is 0.379. The molecule has 0 heterocycles. The highest BCUT2D eigenvalue weighted by Crippen LogP contribution is 2.22. The largest absolute Gasteiger partial charge is 0.493 e. The number of nitrogens with one attached hydrogen (secondary N) is 2. The van der Waals surface area contributed by atoms with Gasteiger partial charge in [0.1, 0.15) is 5.75 Å². The van der Waals surface area contributed by atoms with Crippen molar-refractivity contribution in [1.82, 2.24) is 5.32 Å². The average Bonchev–Trinajstić information content (AvgIpc) is 2.59. The Morgan fingerprint density at radius 3 is 2.59 bits per heavy atom. The number of halogens is 1. The highest BCUT2D eigenvalue weighted by Gasteiger charge is 2.15. The predicted octanol–water partition coefficient (Wildman–Crippen LogP) is 4.58. The number of hydrogen-bond acceptors (Lipinski definition) is 3. The Bertz CT molecular complexity index is 806. The van der Waals surface area contributed by atoms with Crippen LogP contribution in [0.15, 0.2) is 42.5 Å². The second kappa shape index (κ2) is 9.97. The van der Waals surface area contributed by atoms with E-state index in [1.807, 2.05) is 45.0 Å². The topological polar surface area (TPSA) is 67.4 Å². The molecule has 0 spiro atoms. The molecule has 0 saturated heterocycles. The van der Waals surface area contributed by atoms with Gasteiger partial charge in [0.25, 0.3) is 5.91 Å². The number of anilines is 1. The minimum absolute atomic E-state index is 0.00433. The van der Waals surface area contributed by atoms with E-state index in [-0.39, 0.29) is 24.3 Å². The van der Waals surface area contributed by atoms with Crippen LogP contribution in [0.4, 0.5) is 5.69 Å². The number of carbonyl (C=O) groups is 2. The lowest BCUT2D eigenvalue weighted by Gasteiger charge is -2.14. The van der Waals surface area contributed by atoms with Gasteiger partial charge in [0.15, 0.2) is 0 Å². The molecule has 144 valence electrons. The molecule has 27 heavy (non-hydrogen) atoms. The van der Waals surface area contributed by atoms with Crippen molar-refractivity contribution >= 4 is 29.1 Å². The van der Waals surface area contributed by atoms with E-state index < -0.39 is 0 Å². The Labute approximate surface area is 165 Å². The first-order chi connectivity index (χ1) is 12.9. The molecule has 0 atom stereocenters. The van der Waals surface area contributed by atoms with E-state index in [1.54, 1.807) is 18.2 Å². The normalized spacial score (nSPS) is 10.6. The van der Waals surface area contributed by atoms with Crippen molar-refractivity contribution in [2.24, 2.45) is 0 Å². The van der Waals surface area contributed by atoms with Gasteiger partial charge in [0, 0.05) is 17.5 Å². The molecule has 2 aromatic rings. The van der Waals surface area contributed by atoms with Crippen LogP contribution in [0.3, 0.4) is 0 Å². The monoisotopic (exact) mass is 388 g/mol. The van der Waals surface area contributed by atoms with Gasteiger partial charge in [-0.05, 0) is 57.0 Å². The van der Waals surface area contributed by atoms with Gasteiger partial charge in [0.2, 0.25) is 5.91 Å². The van der Waals surface area contributed by atoms with Crippen LogP contribution in [0.5, 0.6) is 5.75 Å². The Morgan fingerprint density at radius 1 is 1.15 bits per heavy atom. The number of amides is 2. The first kappa shape index (κ1) is 20.8. The fourth-order valence-corrected chi connectivity index (χ4v) is 2.68. The summed E-state index contributed by atoms with van der Waals surface area (Å²) in [5.41, 5.74) is 1.85. The van der Waals surface area contributed by atoms with E-state index in [0.29, 0.717) is 29.3 Å². The van der Waals surface area contributed by atoms with Gasteiger partial charge >= 0.3 is 0 Å². The van der Waals surface area contributed by atoms with Crippen LogP contribution >= 0.6 is 11.6 Å². The molecule has 0 aliphatic rings. The minimum Gasteiger partial charge on any atom is -0.493 e. The number of hydrogen-bond donors (Lipinski definition) is 2. The zero-order valence-electron chi connectivity index (χ0n) is 15.8. The van der Waals surface area contributed by atoms with Crippen molar-refractivity contribution in [1.29, 1.82) is 0 Å². The Balaban J connectivity index is 1.90. The molecule has 0 aromatic heterocycles. The van der Waals surface area contributed by atoms with E-state index in [9.17, 15) is 9.59 Å². The molecule has 0 fully saturated rings. The zero-order chi connectivity index (χ0) is 19.8. The highest BCUT2D eigenvalue weighted by atomic mass is 35.5. The number of para-hydroxylation sites is 1. The Morgan fingerprint density at radius 2 is 1.89 bits per heavy atom. The fourth-order valence-electron chi connectivity index (χ4n) is 2.50. The molecule has 0 bridgehead atoms. The van der Waals surface area contributed by atoms with Crippen molar-refractivity contribution in [3.8, 4) is 5.75 Å². The number of ether oxygens (including phenoxy) is 1. The van der Waals surface area contributed by atoms with Crippen LogP contribution in [0.25, 0.3) is 0 Å². The maximum absolute atomic E-state index is 12.3. The summed E-state index contributed by atoms with van der Waals surface area (Å²) in [6, 6.07) is 12.6. The van der Waals surface area contributed by atoms with Crippen LogP contribution in [0, 0.1) is 6.92 Å². The second-order valence-electron chi connectivity index (χ2n) is 6.58. The lowest BCUT2D eigenvalue weighted by atomic mass is 10.1. The van der Waals surface area contributed by atoms with Crippen molar-refractivity contribution in [3.63, 3.8) is 0 Å². The molecule has 0 unspecified atom stereocenters. The lowest BCUT2D eigenvalue weighted by molar-refractivity contribution is -0.116. The van der Waals surface area contributed by atoms with Crippen LogP contribution in [-0.2, 0) is 4.79 Å². The number of carbonyl (C=O) groups excluding carboxylic acids is 2. The van der Waals surface area contributed by atoms with Gasteiger partial charge in [0.05, 0.1) is 17.9 Å². The first-order valence-electron chi connectivity index (χ1n) is 8.95. The highest BCUT2D eigenvalue weighted by molar-refractivity contribution is 6.31.